The van der Waals surface area contributed by atoms with E-state index in [1.807, 2.05) is 13.8 Å². The smallest absolute Gasteiger partial charge is 0.300 e. The number of aliphatic hydroxyl groups excluding tert-OH is 1. The number of carbonyl (C=O) groups excluding carboxylic acids is 2. The van der Waals surface area contributed by atoms with Crippen LogP contribution in [0.5, 0.6) is 5.75 Å². The fourth-order valence-corrected chi connectivity index (χ4v) is 4.30. The number of methoxy groups -OCH3 is 1. The van der Waals surface area contributed by atoms with Crippen molar-refractivity contribution in [1.29, 1.82) is 0 Å². The van der Waals surface area contributed by atoms with Crippen molar-refractivity contribution in [2.75, 3.05) is 12.0 Å². The van der Waals surface area contributed by atoms with E-state index in [9.17, 15) is 19.1 Å². The summed E-state index contributed by atoms with van der Waals surface area (Å²) in [6.07, 6.45) is 0. The first-order chi connectivity index (χ1) is 16.2. The highest BCUT2D eigenvalue weighted by Gasteiger charge is 2.47. The van der Waals surface area contributed by atoms with Crippen LogP contribution in [-0.4, -0.2) is 23.9 Å². The van der Waals surface area contributed by atoms with Crippen molar-refractivity contribution in [3.8, 4) is 5.75 Å². The summed E-state index contributed by atoms with van der Waals surface area (Å²) >= 11 is 6.05. The number of Topliss-reactive ketones (excluding diaryl/α,β-unsaturated/α-hetero) is 1. The zero-order valence-corrected chi connectivity index (χ0v) is 19.6. The van der Waals surface area contributed by atoms with Crippen LogP contribution in [-0.2, 0) is 9.59 Å². The van der Waals surface area contributed by atoms with Gasteiger partial charge in [-0.25, -0.2) is 4.39 Å². The number of benzene rings is 3. The minimum atomic E-state index is -0.969. The lowest BCUT2D eigenvalue weighted by Crippen LogP contribution is -2.29. The van der Waals surface area contributed by atoms with Gasteiger partial charge in [0.15, 0.2) is 0 Å². The Morgan fingerprint density at radius 2 is 1.76 bits per heavy atom. The minimum absolute atomic E-state index is 0.0866. The van der Waals surface area contributed by atoms with Gasteiger partial charge >= 0.3 is 0 Å². The third kappa shape index (κ3) is 4.17. The summed E-state index contributed by atoms with van der Waals surface area (Å²) in [4.78, 5) is 27.6. The molecule has 4 rings (SSSR count). The number of ether oxygens (including phenoxy) is 1. The van der Waals surface area contributed by atoms with E-state index < -0.39 is 23.5 Å². The van der Waals surface area contributed by atoms with Crippen LogP contribution in [0.25, 0.3) is 5.76 Å². The number of ketones is 1. The molecule has 1 amide bonds. The molecular weight excluding hydrogens is 457 g/mol. The minimum Gasteiger partial charge on any atom is -0.507 e. The van der Waals surface area contributed by atoms with Crippen LogP contribution < -0.4 is 9.64 Å². The summed E-state index contributed by atoms with van der Waals surface area (Å²) < 4.78 is 19.4. The molecule has 1 atom stereocenters. The maximum atomic E-state index is 14.0. The van der Waals surface area contributed by atoms with E-state index in [0.717, 1.165) is 5.56 Å². The fourth-order valence-electron chi connectivity index (χ4n) is 4.17. The first-order valence-electron chi connectivity index (χ1n) is 10.7. The maximum Gasteiger partial charge on any atom is 0.300 e. The Labute approximate surface area is 202 Å². The van der Waals surface area contributed by atoms with E-state index in [4.69, 9.17) is 16.3 Å². The highest BCUT2D eigenvalue weighted by Crippen LogP contribution is 2.43. The second kappa shape index (κ2) is 9.31. The predicted molar refractivity (Wildman–Crippen MR) is 130 cm³/mol. The van der Waals surface area contributed by atoms with Gasteiger partial charge in [-0.3, -0.25) is 14.5 Å². The molecule has 1 unspecified atom stereocenters. The predicted octanol–water partition coefficient (Wildman–Crippen LogP) is 6.24. The van der Waals surface area contributed by atoms with E-state index in [1.165, 1.54) is 23.1 Å². The van der Waals surface area contributed by atoms with Gasteiger partial charge in [0.1, 0.15) is 17.3 Å². The van der Waals surface area contributed by atoms with Crippen molar-refractivity contribution < 1.29 is 23.8 Å². The Hall–Kier alpha value is -3.64. The van der Waals surface area contributed by atoms with E-state index in [-0.39, 0.29) is 22.9 Å². The number of halogens is 2. The summed E-state index contributed by atoms with van der Waals surface area (Å²) in [6.45, 7) is 3.97. The molecule has 0 bridgehead atoms. The quantitative estimate of drug-likeness (QED) is 0.267. The van der Waals surface area contributed by atoms with Gasteiger partial charge in [0.25, 0.3) is 11.7 Å². The third-order valence-electron chi connectivity index (χ3n) is 5.84. The SMILES string of the molecule is COc1ccc(/C(O)=C2/C(=O)C(=O)N(c3cccc(F)c3)C2c2ccc(Cl)cc2)cc1C(C)C. The Morgan fingerprint density at radius 3 is 2.38 bits per heavy atom. The number of anilines is 1. The van der Waals surface area contributed by atoms with Gasteiger partial charge in [0.05, 0.1) is 18.7 Å². The molecule has 1 fully saturated rings. The van der Waals surface area contributed by atoms with Crippen molar-refractivity contribution in [3.63, 3.8) is 0 Å². The van der Waals surface area contributed by atoms with Gasteiger partial charge < -0.3 is 9.84 Å². The van der Waals surface area contributed by atoms with E-state index in [1.54, 1.807) is 55.6 Å². The Kier molecular flexibility index (Phi) is 6.44. The van der Waals surface area contributed by atoms with E-state index in [2.05, 4.69) is 0 Å². The van der Waals surface area contributed by atoms with Crippen LogP contribution in [0.2, 0.25) is 5.02 Å². The molecule has 1 heterocycles. The molecule has 1 aliphatic heterocycles. The third-order valence-corrected chi connectivity index (χ3v) is 6.09. The normalized spacial score (nSPS) is 17.5. The zero-order chi connectivity index (χ0) is 24.6. The van der Waals surface area contributed by atoms with Crippen LogP contribution >= 0.6 is 11.6 Å². The van der Waals surface area contributed by atoms with Gasteiger partial charge in [0.2, 0.25) is 0 Å². The summed E-state index contributed by atoms with van der Waals surface area (Å²) in [5, 5.41) is 11.8. The largest absolute Gasteiger partial charge is 0.507 e. The molecule has 1 N–H and O–H groups in total. The standard InChI is InChI=1S/C27H23ClFNO4/c1-15(2)21-13-17(9-12-22(21)34-3)25(31)23-24(16-7-10-18(28)11-8-16)30(27(33)26(23)32)20-6-4-5-19(29)14-20/h4-15,24,31H,1-3H3/b25-23-. The molecule has 5 nitrogen and oxygen atoms in total. The molecule has 3 aromatic rings. The Morgan fingerprint density at radius 1 is 1.06 bits per heavy atom. The fraction of sp³-hybridized carbons (Fsp3) is 0.185. The lowest BCUT2D eigenvalue weighted by molar-refractivity contribution is -0.132. The van der Waals surface area contributed by atoms with E-state index in [0.29, 0.717) is 21.9 Å². The van der Waals surface area contributed by atoms with Crippen molar-refractivity contribution >= 4 is 34.7 Å². The van der Waals surface area contributed by atoms with Crippen LogP contribution in [0.3, 0.4) is 0 Å². The molecule has 7 heteroatoms. The van der Waals surface area contributed by atoms with Gasteiger partial charge in [0, 0.05) is 16.3 Å². The average molecular weight is 480 g/mol. The first kappa shape index (κ1) is 23.5. The number of hydrogen-bond acceptors (Lipinski definition) is 4. The van der Waals surface area contributed by atoms with Gasteiger partial charge in [-0.15, -0.1) is 0 Å². The summed E-state index contributed by atoms with van der Waals surface area (Å²) in [5.41, 5.74) is 1.89. The average Bonchev–Trinajstić information content (AvgIpc) is 3.09. The number of amides is 1. The van der Waals surface area contributed by atoms with Crippen molar-refractivity contribution in [2.45, 2.75) is 25.8 Å². The summed E-state index contributed by atoms with van der Waals surface area (Å²) in [7, 11) is 1.56. The molecule has 3 aromatic carbocycles. The monoisotopic (exact) mass is 479 g/mol. The Balaban J connectivity index is 1.95. The van der Waals surface area contributed by atoms with E-state index >= 15 is 0 Å². The highest BCUT2D eigenvalue weighted by molar-refractivity contribution is 6.51. The Bertz CT molecular complexity index is 1300. The van der Waals surface area contributed by atoms with Crippen LogP contribution in [0, 0.1) is 5.82 Å². The lowest BCUT2D eigenvalue weighted by Gasteiger charge is -2.25. The number of hydrogen-bond donors (Lipinski definition) is 1. The molecule has 174 valence electrons. The molecule has 1 saturated heterocycles. The van der Waals surface area contributed by atoms with Gasteiger partial charge in [-0.1, -0.05) is 43.6 Å². The van der Waals surface area contributed by atoms with Crippen LogP contribution in [0.4, 0.5) is 10.1 Å². The number of aliphatic hydroxyl groups is 1. The van der Waals surface area contributed by atoms with Gasteiger partial charge in [-0.2, -0.15) is 0 Å². The van der Waals surface area contributed by atoms with Crippen LogP contribution in [0.15, 0.2) is 72.3 Å². The molecule has 1 aliphatic rings. The lowest BCUT2D eigenvalue weighted by atomic mass is 9.93. The summed E-state index contributed by atoms with van der Waals surface area (Å²) in [5.74, 6) is -1.84. The number of rotatable bonds is 5. The maximum absolute atomic E-state index is 14.0. The van der Waals surface area contributed by atoms with Crippen molar-refractivity contribution in [2.24, 2.45) is 0 Å². The number of nitrogens with zero attached hydrogens (tertiary/aromatic N) is 1. The molecule has 0 spiro atoms. The van der Waals surface area contributed by atoms with Crippen LogP contribution in [0.1, 0.15) is 42.5 Å². The zero-order valence-electron chi connectivity index (χ0n) is 18.9. The molecular formula is C27H23ClFNO4. The topological polar surface area (TPSA) is 66.8 Å². The second-order valence-corrected chi connectivity index (χ2v) is 8.75. The highest BCUT2D eigenvalue weighted by atomic mass is 35.5. The second-order valence-electron chi connectivity index (χ2n) is 8.31. The summed E-state index contributed by atoms with van der Waals surface area (Å²) in [6, 6.07) is 16.2. The molecule has 0 radical (unpaired) electrons. The van der Waals surface area contributed by atoms with Crippen molar-refractivity contribution in [1.82, 2.24) is 0 Å². The molecule has 0 saturated carbocycles. The molecule has 34 heavy (non-hydrogen) atoms. The first-order valence-corrected chi connectivity index (χ1v) is 11.1. The van der Waals surface area contributed by atoms with Gasteiger partial charge in [-0.05, 0) is 65.6 Å². The van der Waals surface area contributed by atoms with Crippen molar-refractivity contribution in [3.05, 3.63) is 99.8 Å². The molecule has 0 aromatic heterocycles. The molecule has 0 aliphatic carbocycles. The number of carbonyl (C=O) groups is 2.